The van der Waals surface area contributed by atoms with Crippen LogP contribution in [-0.2, 0) is 15.7 Å². The predicted molar refractivity (Wildman–Crippen MR) is 117 cm³/mol. The average Bonchev–Trinajstić information content (AvgIpc) is 3.14. The molecular weight excluding hydrogens is 451 g/mol. The Labute approximate surface area is 192 Å². The predicted octanol–water partition coefficient (Wildman–Crippen LogP) is 5.38. The Balaban J connectivity index is 1.52. The van der Waals surface area contributed by atoms with Crippen LogP contribution in [-0.4, -0.2) is 30.9 Å². The molecular formula is C25H20F3NO5. The van der Waals surface area contributed by atoms with Gasteiger partial charge in [0.1, 0.15) is 12.4 Å². The number of alkyl halides is 3. The molecule has 1 aliphatic carbocycles. The van der Waals surface area contributed by atoms with Gasteiger partial charge in [-0.15, -0.1) is 0 Å². The highest BCUT2D eigenvalue weighted by molar-refractivity contribution is 5.82. The number of hydrogen-bond donors (Lipinski definition) is 2. The van der Waals surface area contributed by atoms with Crippen molar-refractivity contribution in [2.24, 2.45) is 0 Å². The van der Waals surface area contributed by atoms with Crippen molar-refractivity contribution in [2.45, 2.75) is 18.1 Å². The summed E-state index contributed by atoms with van der Waals surface area (Å²) in [5.74, 6) is -2.24. The largest absolute Gasteiger partial charge is 0.496 e. The van der Waals surface area contributed by atoms with E-state index in [9.17, 15) is 27.9 Å². The highest BCUT2D eigenvalue weighted by atomic mass is 19.4. The first-order valence-electron chi connectivity index (χ1n) is 10.3. The zero-order valence-electron chi connectivity index (χ0n) is 17.9. The second kappa shape index (κ2) is 9.09. The molecule has 1 atom stereocenters. The lowest BCUT2D eigenvalue weighted by Crippen LogP contribution is -2.35. The van der Waals surface area contributed by atoms with Crippen LogP contribution in [0.3, 0.4) is 0 Å². The topological polar surface area (TPSA) is 84.9 Å². The number of ether oxygens (including phenoxy) is 2. The molecule has 0 spiro atoms. The van der Waals surface area contributed by atoms with Gasteiger partial charge in [-0.2, -0.15) is 13.2 Å². The van der Waals surface area contributed by atoms with E-state index in [1.54, 1.807) is 0 Å². The van der Waals surface area contributed by atoms with Gasteiger partial charge in [-0.25, -0.2) is 9.59 Å². The summed E-state index contributed by atoms with van der Waals surface area (Å²) in [6.45, 7) is -0.0669. The summed E-state index contributed by atoms with van der Waals surface area (Å²) in [6.07, 6.45) is -5.83. The van der Waals surface area contributed by atoms with Crippen molar-refractivity contribution in [3.05, 3.63) is 89.0 Å². The molecule has 2 N–H and O–H groups in total. The number of alkyl carbamates (subject to hydrolysis) is 1. The molecule has 1 unspecified atom stereocenters. The molecule has 6 nitrogen and oxygen atoms in total. The third-order valence-corrected chi connectivity index (χ3v) is 5.72. The molecule has 0 bridgehead atoms. The summed E-state index contributed by atoms with van der Waals surface area (Å²) < 4.78 is 50.1. The number of benzene rings is 3. The molecule has 34 heavy (non-hydrogen) atoms. The van der Waals surface area contributed by atoms with Gasteiger partial charge in [0.2, 0.25) is 0 Å². The molecule has 0 radical (unpaired) electrons. The van der Waals surface area contributed by atoms with E-state index >= 15 is 0 Å². The van der Waals surface area contributed by atoms with Gasteiger partial charge in [0.15, 0.2) is 6.04 Å². The van der Waals surface area contributed by atoms with E-state index in [-0.39, 0.29) is 18.1 Å². The number of carboxylic acid groups (broad SMARTS) is 1. The third kappa shape index (κ3) is 4.41. The fraction of sp³-hybridized carbons (Fsp3) is 0.200. The third-order valence-electron chi connectivity index (χ3n) is 5.72. The number of nitrogens with one attached hydrogen (secondary N) is 1. The minimum absolute atomic E-state index is 0.0669. The van der Waals surface area contributed by atoms with E-state index in [4.69, 9.17) is 9.47 Å². The number of aliphatic carboxylic acids is 1. The smallest absolute Gasteiger partial charge is 0.419 e. The van der Waals surface area contributed by atoms with E-state index in [1.165, 1.54) is 0 Å². The molecule has 0 aliphatic heterocycles. The molecule has 1 amide bonds. The Morgan fingerprint density at radius 3 is 2.12 bits per heavy atom. The highest BCUT2D eigenvalue weighted by Crippen LogP contribution is 2.44. The quantitative estimate of drug-likeness (QED) is 0.504. The van der Waals surface area contributed by atoms with Crippen LogP contribution in [0.15, 0.2) is 66.7 Å². The number of methoxy groups -OCH3 is 1. The minimum Gasteiger partial charge on any atom is -0.496 e. The van der Waals surface area contributed by atoms with Gasteiger partial charge in [-0.05, 0) is 39.9 Å². The lowest BCUT2D eigenvalue weighted by molar-refractivity contribution is -0.141. The molecule has 0 aromatic heterocycles. The Bertz CT molecular complexity index is 1200. The van der Waals surface area contributed by atoms with Crippen molar-refractivity contribution in [1.29, 1.82) is 0 Å². The Hall–Kier alpha value is -4.01. The molecule has 4 rings (SSSR count). The minimum atomic E-state index is -4.77. The van der Waals surface area contributed by atoms with E-state index < -0.39 is 35.6 Å². The van der Waals surface area contributed by atoms with Crippen molar-refractivity contribution in [3.63, 3.8) is 0 Å². The highest BCUT2D eigenvalue weighted by Gasteiger charge is 2.36. The van der Waals surface area contributed by atoms with Crippen LogP contribution in [0.25, 0.3) is 11.1 Å². The van der Waals surface area contributed by atoms with Crippen LogP contribution in [0.1, 0.15) is 34.2 Å². The molecule has 0 fully saturated rings. The van der Waals surface area contributed by atoms with Gasteiger partial charge >= 0.3 is 18.2 Å². The van der Waals surface area contributed by atoms with Crippen molar-refractivity contribution >= 4 is 12.1 Å². The Kier molecular flexibility index (Phi) is 6.19. The van der Waals surface area contributed by atoms with Crippen LogP contribution < -0.4 is 10.1 Å². The van der Waals surface area contributed by atoms with Crippen LogP contribution in [0.2, 0.25) is 0 Å². The van der Waals surface area contributed by atoms with Crippen molar-refractivity contribution in [2.75, 3.05) is 13.7 Å². The number of fused-ring (bicyclic) bond motifs is 3. The van der Waals surface area contributed by atoms with Crippen LogP contribution in [0, 0.1) is 0 Å². The number of rotatable bonds is 6. The van der Waals surface area contributed by atoms with Gasteiger partial charge in [-0.1, -0.05) is 54.6 Å². The monoisotopic (exact) mass is 471 g/mol. The second-order valence-corrected chi connectivity index (χ2v) is 7.70. The number of amides is 1. The van der Waals surface area contributed by atoms with Gasteiger partial charge in [0.05, 0.1) is 12.7 Å². The van der Waals surface area contributed by atoms with E-state index in [0.29, 0.717) is 6.07 Å². The van der Waals surface area contributed by atoms with Crippen LogP contribution in [0.5, 0.6) is 5.75 Å². The first-order valence-corrected chi connectivity index (χ1v) is 10.3. The van der Waals surface area contributed by atoms with Gasteiger partial charge in [0.25, 0.3) is 0 Å². The molecule has 1 aliphatic rings. The molecule has 9 heteroatoms. The van der Waals surface area contributed by atoms with E-state index in [1.807, 2.05) is 48.5 Å². The summed E-state index contributed by atoms with van der Waals surface area (Å²) in [5.41, 5.74) is 2.57. The summed E-state index contributed by atoms with van der Waals surface area (Å²) in [6, 6.07) is 16.4. The zero-order valence-corrected chi connectivity index (χ0v) is 17.9. The number of hydrogen-bond acceptors (Lipinski definition) is 4. The van der Waals surface area contributed by atoms with Gasteiger partial charge in [0, 0.05) is 5.92 Å². The molecule has 3 aromatic carbocycles. The molecule has 176 valence electrons. The van der Waals surface area contributed by atoms with E-state index in [0.717, 1.165) is 41.5 Å². The van der Waals surface area contributed by atoms with Crippen LogP contribution >= 0.6 is 0 Å². The fourth-order valence-corrected chi connectivity index (χ4v) is 4.17. The van der Waals surface area contributed by atoms with Crippen molar-refractivity contribution in [3.8, 4) is 16.9 Å². The maximum Gasteiger partial charge on any atom is 0.419 e. The lowest BCUT2D eigenvalue weighted by atomic mass is 9.98. The SMILES string of the molecule is COc1ccc(C(NC(=O)OCC2c3ccccc3-c3ccccc32)C(=O)O)cc1C(F)(F)F. The first kappa shape index (κ1) is 23.2. The van der Waals surface area contributed by atoms with E-state index in [2.05, 4.69) is 5.32 Å². The summed E-state index contributed by atoms with van der Waals surface area (Å²) in [7, 11) is 1.08. The number of halogens is 3. The van der Waals surface area contributed by atoms with Gasteiger partial charge in [-0.3, -0.25) is 0 Å². The van der Waals surface area contributed by atoms with Gasteiger partial charge < -0.3 is 19.9 Å². The summed E-state index contributed by atoms with van der Waals surface area (Å²) in [4.78, 5) is 24.2. The number of carboxylic acids is 1. The summed E-state index contributed by atoms with van der Waals surface area (Å²) in [5, 5.41) is 11.7. The van der Waals surface area contributed by atoms with Crippen LogP contribution in [0.4, 0.5) is 18.0 Å². The lowest BCUT2D eigenvalue weighted by Gasteiger charge is -2.19. The molecule has 0 heterocycles. The molecule has 0 saturated heterocycles. The summed E-state index contributed by atoms with van der Waals surface area (Å²) >= 11 is 0. The maximum atomic E-state index is 13.3. The fourth-order valence-electron chi connectivity index (χ4n) is 4.17. The van der Waals surface area contributed by atoms with Crippen molar-refractivity contribution in [1.82, 2.24) is 5.32 Å². The number of carbonyl (C=O) groups is 2. The normalized spacial score (nSPS) is 13.5. The van der Waals surface area contributed by atoms with Crippen molar-refractivity contribution < 1.29 is 37.3 Å². The first-order chi connectivity index (χ1) is 16.2. The zero-order chi connectivity index (χ0) is 24.5. The Morgan fingerprint density at radius 2 is 1.59 bits per heavy atom. The Morgan fingerprint density at radius 1 is 1.00 bits per heavy atom. The average molecular weight is 471 g/mol. The maximum absolute atomic E-state index is 13.3. The molecule has 3 aromatic rings. The standard InChI is InChI=1S/C25H20F3NO5/c1-33-21-11-10-14(12-20(21)25(26,27)28)22(23(30)31)29-24(32)34-13-19-17-8-4-2-6-15(17)16-7-3-5-9-18(16)19/h2-12,19,22H,13H2,1H3,(H,29,32)(H,30,31). The molecule has 0 saturated carbocycles. The second-order valence-electron chi connectivity index (χ2n) is 7.70. The number of carbonyl (C=O) groups excluding carboxylic acids is 1.